The molecule has 2 atom stereocenters. The van der Waals surface area contributed by atoms with Crippen LogP contribution in [0.3, 0.4) is 0 Å². The van der Waals surface area contributed by atoms with Crippen molar-refractivity contribution < 1.29 is 18.0 Å². The van der Waals surface area contributed by atoms with E-state index < -0.39 is 35.1 Å². The van der Waals surface area contributed by atoms with E-state index in [1.54, 1.807) is 6.92 Å². The Morgan fingerprint density at radius 2 is 1.94 bits per heavy atom. The van der Waals surface area contributed by atoms with Crippen LogP contribution in [0.4, 0.5) is 18.9 Å². The molecule has 0 aliphatic carbocycles. The summed E-state index contributed by atoms with van der Waals surface area (Å²) < 4.78 is 38.9. The van der Waals surface area contributed by atoms with Crippen LogP contribution < -0.4 is 11.1 Å². The summed E-state index contributed by atoms with van der Waals surface area (Å²) in [5.74, 6) is -5.09. The molecular formula is C12H15F3N2O. The molecular weight excluding hydrogens is 245 g/mol. The Morgan fingerprint density at radius 3 is 2.50 bits per heavy atom. The first-order valence-corrected chi connectivity index (χ1v) is 5.58. The number of halogens is 3. The molecule has 3 nitrogen and oxygen atoms in total. The number of carbonyl (C=O) groups excluding carboxylic acids is 1. The van der Waals surface area contributed by atoms with Crippen molar-refractivity contribution in [2.75, 3.05) is 5.32 Å². The maximum absolute atomic E-state index is 13.3. The Bertz CT molecular complexity index is 451. The van der Waals surface area contributed by atoms with E-state index >= 15 is 0 Å². The molecule has 0 saturated heterocycles. The van der Waals surface area contributed by atoms with Gasteiger partial charge in [0, 0.05) is 0 Å². The summed E-state index contributed by atoms with van der Waals surface area (Å²) in [6.07, 6.45) is 0.675. The molecule has 1 aromatic carbocycles. The van der Waals surface area contributed by atoms with Crippen LogP contribution in [0.25, 0.3) is 0 Å². The minimum Gasteiger partial charge on any atom is -0.322 e. The summed E-state index contributed by atoms with van der Waals surface area (Å²) in [6.45, 7) is 3.63. The van der Waals surface area contributed by atoms with E-state index in [1.807, 2.05) is 6.92 Å². The van der Waals surface area contributed by atoms with Gasteiger partial charge in [-0.05, 0) is 18.1 Å². The van der Waals surface area contributed by atoms with Gasteiger partial charge in [0.05, 0.1) is 11.7 Å². The fourth-order valence-corrected chi connectivity index (χ4v) is 1.35. The SMILES string of the molecule is CCC(C)C(N)C(=O)Nc1ccc(F)c(F)c1F. The van der Waals surface area contributed by atoms with Crippen molar-refractivity contribution in [1.29, 1.82) is 0 Å². The molecule has 0 aliphatic heterocycles. The van der Waals surface area contributed by atoms with Crippen molar-refractivity contribution in [2.24, 2.45) is 11.7 Å². The second kappa shape index (κ2) is 5.86. The molecule has 0 fully saturated rings. The van der Waals surface area contributed by atoms with Gasteiger partial charge in [-0.15, -0.1) is 0 Å². The van der Waals surface area contributed by atoms with Crippen molar-refractivity contribution in [3.8, 4) is 0 Å². The molecule has 0 aromatic heterocycles. The lowest BCUT2D eigenvalue weighted by atomic mass is 9.99. The molecule has 0 saturated carbocycles. The monoisotopic (exact) mass is 260 g/mol. The number of nitrogens with two attached hydrogens (primary N) is 1. The Balaban J connectivity index is 2.86. The molecule has 1 rings (SSSR count). The summed E-state index contributed by atoms with van der Waals surface area (Å²) in [6, 6.07) is 0.861. The zero-order chi connectivity index (χ0) is 13.9. The first kappa shape index (κ1) is 14.5. The average molecular weight is 260 g/mol. The van der Waals surface area contributed by atoms with E-state index in [4.69, 9.17) is 5.73 Å². The van der Waals surface area contributed by atoms with E-state index in [-0.39, 0.29) is 5.92 Å². The molecule has 3 N–H and O–H groups in total. The smallest absolute Gasteiger partial charge is 0.241 e. The standard InChI is InChI=1S/C12H15F3N2O/c1-3-6(2)11(16)12(18)17-8-5-4-7(13)9(14)10(8)15/h4-6,11H,3,16H2,1-2H3,(H,17,18). The lowest BCUT2D eigenvalue weighted by molar-refractivity contribution is -0.118. The number of carbonyl (C=O) groups is 1. The van der Waals surface area contributed by atoms with Crippen molar-refractivity contribution in [2.45, 2.75) is 26.3 Å². The predicted octanol–water partition coefficient (Wildman–Crippen LogP) is 2.42. The number of hydrogen-bond acceptors (Lipinski definition) is 2. The summed E-state index contributed by atoms with van der Waals surface area (Å²) in [5, 5.41) is 2.15. The number of nitrogens with one attached hydrogen (secondary N) is 1. The molecule has 18 heavy (non-hydrogen) atoms. The van der Waals surface area contributed by atoms with Crippen molar-refractivity contribution >= 4 is 11.6 Å². The maximum atomic E-state index is 13.3. The maximum Gasteiger partial charge on any atom is 0.241 e. The van der Waals surface area contributed by atoms with Crippen LogP contribution in [-0.4, -0.2) is 11.9 Å². The van der Waals surface area contributed by atoms with Gasteiger partial charge in [-0.25, -0.2) is 13.2 Å². The molecule has 0 radical (unpaired) electrons. The van der Waals surface area contributed by atoms with Crippen molar-refractivity contribution in [1.82, 2.24) is 0 Å². The van der Waals surface area contributed by atoms with Crippen molar-refractivity contribution in [3.05, 3.63) is 29.6 Å². The highest BCUT2D eigenvalue weighted by molar-refractivity contribution is 5.94. The molecule has 0 heterocycles. The van der Waals surface area contributed by atoms with E-state index in [2.05, 4.69) is 5.32 Å². The van der Waals surface area contributed by atoms with Crippen LogP contribution in [0.1, 0.15) is 20.3 Å². The molecule has 0 spiro atoms. The first-order chi connectivity index (χ1) is 8.38. The summed E-state index contributed by atoms with van der Waals surface area (Å²) >= 11 is 0. The minimum absolute atomic E-state index is 0.0987. The lowest BCUT2D eigenvalue weighted by Crippen LogP contribution is -2.40. The highest BCUT2D eigenvalue weighted by Gasteiger charge is 2.22. The van der Waals surface area contributed by atoms with Gasteiger partial charge >= 0.3 is 0 Å². The third kappa shape index (κ3) is 3.01. The average Bonchev–Trinajstić information content (AvgIpc) is 2.37. The van der Waals surface area contributed by atoms with Gasteiger partial charge in [-0.2, -0.15) is 0 Å². The topological polar surface area (TPSA) is 55.1 Å². The fourth-order valence-electron chi connectivity index (χ4n) is 1.35. The van der Waals surface area contributed by atoms with E-state index in [0.717, 1.165) is 12.1 Å². The van der Waals surface area contributed by atoms with Crippen LogP contribution >= 0.6 is 0 Å². The van der Waals surface area contributed by atoms with Crippen LogP contribution in [-0.2, 0) is 4.79 Å². The van der Waals surface area contributed by atoms with Gasteiger partial charge in [0.2, 0.25) is 5.91 Å². The third-order valence-corrected chi connectivity index (χ3v) is 2.85. The Kier molecular flexibility index (Phi) is 4.72. The molecule has 6 heteroatoms. The van der Waals surface area contributed by atoms with Crippen molar-refractivity contribution in [3.63, 3.8) is 0 Å². The Labute approximate surface area is 103 Å². The summed E-state index contributed by atoms with van der Waals surface area (Å²) in [4.78, 5) is 11.6. The molecule has 2 unspecified atom stereocenters. The van der Waals surface area contributed by atoms with Gasteiger partial charge in [0.1, 0.15) is 0 Å². The first-order valence-electron chi connectivity index (χ1n) is 5.58. The minimum atomic E-state index is -1.62. The van der Waals surface area contributed by atoms with Crippen LogP contribution in [0, 0.1) is 23.4 Å². The number of amides is 1. The summed E-state index contributed by atoms with van der Waals surface area (Å²) in [7, 11) is 0. The number of rotatable bonds is 4. The third-order valence-electron chi connectivity index (χ3n) is 2.85. The largest absolute Gasteiger partial charge is 0.322 e. The lowest BCUT2D eigenvalue weighted by Gasteiger charge is -2.18. The second-order valence-corrected chi connectivity index (χ2v) is 4.12. The zero-order valence-corrected chi connectivity index (χ0v) is 10.1. The van der Waals surface area contributed by atoms with Crippen LogP contribution in [0.5, 0.6) is 0 Å². The molecule has 100 valence electrons. The van der Waals surface area contributed by atoms with Gasteiger partial charge in [-0.3, -0.25) is 4.79 Å². The molecule has 0 bridgehead atoms. The van der Waals surface area contributed by atoms with E-state index in [1.165, 1.54) is 0 Å². The van der Waals surface area contributed by atoms with Gasteiger partial charge < -0.3 is 11.1 Å². The van der Waals surface area contributed by atoms with Gasteiger partial charge in [0.25, 0.3) is 0 Å². The predicted molar refractivity (Wildman–Crippen MR) is 62.4 cm³/mol. The van der Waals surface area contributed by atoms with Gasteiger partial charge in [0.15, 0.2) is 17.5 Å². The Morgan fingerprint density at radius 1 is 1.33 bits per heavy atom. The van der Waals surface area contributed by atoms with Crippen LogP contribution in [0.15, 0.2) is 12.1 Å². The number of hydrogen-bond donors (Lipinski definition) is 2. The molecule has 1 aromatic rings. The van der Waals surface area contributed by atoms with E-state index in [0.29, 0.717) is 6.42 Å². The number of benzene rings is 1. The highest BCUT2D eigenvalue weighted by Crippen LogP contribution is 2.20. The zero-order valence-electron chi connectivity index (χ0n) is 10.1. The normalized spacial score (nSPS) is 14.1. The highest BCUT2D eigenvalue weighted by atomic mass is 19.2. The quantitative estimate of drug-likeness (QED) is 0.817. The number of anilines is 1. The second-order valence-electron chi connectivity index (χ2n) is 4.12. The van der Waals surface area contributed by atoms with Gasteiger partial charge in [-0.1, -0.05) is 20.3 Å². The molecule has 1 amide bonds. The fraction of sp³-hybridized carbons (Fsp3) is 0.417. The Hall–Kier alpha value is -1.56. The van der Waals surface area contributed by atoms with Crippen LogP contribution in [0.2, 0.25) is 0 Å². The molecule has 0 aliphatic rings. The summed E-state index contributed by atoms with van der Waals surface area (Å²) in [5.41, 5.74) is 5.22. The van der Waals surface area contributed by atoms with E-state index in [9.17, 15) is 18.0 Å².